The molecule has 0 bridgehead atoms. The van der Waals surface area contributed by atoms with Gasteiger partial charge in [0.15, 0.2) is 0 Å². The summed E-state index contributed by atoms with van der Waals surface area (Å²) in [6.07, 6.45) is 1.53. The number of fused-ring (bicyclic) bond motifs is 1. The van der Waals surface area contributed by atoms with Crippen LogP contribution in [0.1, 0.15) is 39.2 Å². The SMILES string of the molecule is C[C@@H](O)C#Cc1ccc2c(c1)O[C@@H](CN(C)CC1CC1)[C@@H](C)CN([C@@H](C)CO)S2(=O)=O. The van der Waals surface area contributed by atoms with Crippen LogP contribution in [-0.4, -0.2) is 79.4 Å². The molecule has 0 radical (unpaired) electrons. The van der Waals surface area contributed by atoms with Gasteiger partial charge < -0.3 is 19.8 Å². The number of ether oxygens (including phenoxy) is 1. The predicted octanol–water partition coefficient (Wildman–Crippen LogP) is 1.53. The van der Waals surface area contributed by atoms with Crippen molar-refractivity contribution in [3.63, 3.8) is 0 Å². The Bertz CT molecular complexity index is 933. The maximum absolute atomic E-state index is 13.4. The molecule has 172 valence electrons. The summed E-state index contributed by atoms with van der Waals surface area (Å²) in [5, 5.41) is 19.2. The van der Waals surface area contributed by atoms with Crippen molar-refractivity contribution in [3.8, 4) is 17.6 Å². The summed E-state index contributed by atoms with van der Waals surface area (Å²) in [6.45, 7) is 6.98. The van der Waals surface area contributed by atoms with E-state index in [-0.39, 0.29) is 35.8 Å². The molecule has 31 heavy (non-hydrogen) atoms. The Morgan fingerprint density at radius 3 is 2.61 bits per heavy atom. The van der Waals surface area contributed by atoms with Crippen molar-refractivity contribution in [1.29, 1.82) is 0 Å². The van der Waals surface area contributed by atoms with Crippen LogP contribution in [0.4, 0.5) is 0 Å². The van der Waals surface area contributed by atoms with Crippen LogP contribution in [0.5, 0.6) is 5.75 Å². The lowest BCUT2D eigenvalue weighted by atomic mass is 10.0. The molecule has 0 aromatic heterocycles. The number of benzene rings is 1. The van der Waals surface area contributed by atoms with Gasteiger partial charge in [0.1, 0.15) is 22.9 Å². The number of sulfonamides is 1. The van der Waals surface area contributed by atoms with Crippen molar-refractivity contribution in [2.24, 2.45) is 11.8 Å². The molecule has 0 amide bonds. The fourth-order valence-electron chi connectivity index (χ4n) is 3.83. The van der Waals surface area contributed by atoms with Crippen LogP contribution in [0, 0.1) is 23.7 Å². The van der Waals surface area contributed by atoms with Crippen molar-refractivity contribution < 1.29 is 23.4 Å². The molecule has 7 nitrogen and oxygen atoms in total. The van der Waals surface area contributed by atoms with E-state index in [0.29, 0.717) is 12.1 Å². The Morgan fingerprint density at radius 2 is 2.00 bits per heavy atom. The lowest BCUT2D eigenvalue weighted by molar-refractivity contribution is 0.0740. The largest absolute Gasteiger partial charge is 0.487 e. The number of hydrogen-bond donors (Lipinski definition) is 2. The van der Waals surface area contributed by atoms with Crippen molar-refractivity contribution >= 4 is 10.0 Å². The summed E-state index contributed by atoms with van der Waals surface area (Å²) in [7, 11) is -1.79. The highest BCUT2D eigenvalue weighted by atomic mass is 32.2. The molecule has 0 saturated heterocycles. The van der Waals surface area contributed by atoms with Gasteiger partial charge >= 0.3 is 0 Å². The van der Waals surface area contributed by atoms with Crippen LogP contribution in [0.15, 0.2) is 23.1 Å². The van der Waals surface area contributed by atoms with Crippen LogP contribution in [0.3, 0.4) is 0 Å². The number of aliphatic hydroxyl groups is 2. The van der Waals surface area contributed by atoms with Gasteiger partial charge in [-0.1, -0.05) is 18.8 Å². The molecule has 1 saturated carbocycles. The van der Waals surface area contributed by atoms with Gasteiger partial charge in [-0.15, -0.1) is 0 Å². The molecule has 1 heterocycles. The van der Waals surface area contributed by atoms with E-state index >= 15 is 0 Å². The molecule has 1 aromatic rings. The summed E-state index contributed by atoms with van der Waals surface area (Å²) in [5.74, 6) is 6.48. The van der Waals surface area contributed by atoms with E-state index in [1.807, 2.05) is 6.92 Å². The monoisotopic (exact) mass is 450 g/mol. The third-order valence-corrected chi connectivity index (χ3v) is 7.87. The molecule has 4 atom stereocenters. The van der Waals surface area contributed by atoms with Crippen molar-refractivity contribution in [1.82, 2.24) is 9.21 Å². The average Bonchev–Trinajstić information content (AvgIpc) is 3.52. The summed E-state index contributed by atoms with van der Waals surface area (Å²) in [4.78, 5) is 2.34. The topological polar surface area (TPSA) is 90.3 Å². The fraction of sp³-hybridized carbons (Fsp3) is 0.652. The van der Waals surface area contributed by atoms with Crippen molar-refractivity contribution in [2.75, 3.05) is 33.3 Å². The highest BCUT2D eigenvalue weighted by Crippen LogP contribution is 2.35. The zero-order chi connectivity index (χ0) is 22.8. The third kappa shape index (κ3) is 5.99. The molecule has 0 unspecified atom stereocenters. The molecule has 1 aromatic carbocycles. The second-order valence-electron chi connectivity index (χ2n) is 9.01. The lowest BCUT2D eigenvalue weighted by Gasteiger charge is -2.37. The average molecular weight is 451 g/mol. The Morgan fingerprint density at radius 1 is 1.29 bits per heavy atom. The maximum atomic E-state index is 13.4. The Kier molecular flexibility index (Phi) is 7.66. The van der Waals surface area contributed by atoms with Gasteiger partial charge in [0, 0.05) is 37.2 Å². The molecule has 2 aliphatic rings. The Balaban J connectivity index is 2.00. The zero-order valence-corrected chi connectivity index (χ0v) is 19.6. The van der Waals surface area contributed by atoms with Crippen LogP contribution in [-0.2, 0) is 10.0 Å². The molecule has 0 spiro atoms. The molecule has 1 aliphatic heterocycles. The van der Waals surface area contributed by atoms with Gasteiger partial charge in [-0.05, 0) is 57.9 Å². The maximum Gasteiger partial charge on any atom is 0.247 e. The molecular formula is C23H34N2O5S. The highest BCUT2D eigenvalue weighted by molar-refractivity contribution is 7.89. The molecule has 1 fully saturated rings. The molecule has 2 N–H and O–H groups in total. The molecule has 1 aliphatic carbocycles. The van der Waals surface area contributed by atoms with Crippen molar-refractivity contribution in [3.05, 3.63) is 23.8 Å². The van der Waals surface area contributed by atoms with E-state index < -0.39 is 22.2 Å². The number of rotatable bonds is 6. The van der Waals surface area contributed by atoms with Gasteiger partial charge in [-0.25, -0.2) is 8.42 Å². The minimum Gasteiger partial charge on any atom is -0.487 e. The third-order valence-electron chi connectivity index (χ3n) is 5.85. The predicted molar refractivity (Wildman–Crippen MR) is 119 cm³/mol. The van der Waals surface area contributed by atoms with Crippen LogP contribution >= 0.6 is 0 Å². The Labute approximate surface area is 186 Å². The van der Waals surface area contributed by atoms with Crippen LogP contribution in [0.25, 0.3) is 0 Å². The first kappa shape index (κ1) is 24.0. The standard InChI is InChI=1S/C23H34N2O5S/c1-16-12-25(17(2)15-26)31(28,29)23-10-9-19(6-5-18(3)27)11-21(23)30-22(16)14-24(4)13-20-7-8-20/h9-11,16-18,20,22,26-27H,7-8,12-15H2,1-4H3/t16-,17-,18+,22-/m0/s1. The van der Waals surface area contributed by atoms with E-state index in [2.05, 4.69) is 23.8 Å². The van der Waals surface area contributed by atoms with E-state index in [1.165, 1.54) is 23.2 Å². The van der Waals surface area contributed by atoms with E-state index in [0.717, 1.165) is 12.5 Å². The smallest absolute Gasteiger partial charge is 0.247 e. The number of likely N-dealkylation sites (N-methyl/N-ethyl adjacent to an activating group) is 1. The highest BCUT2D eigenvalue weighted by Gasteiger charge is 2.38. The zero-order valence-electron chi connectivity index (χ0n) is 18.8. The lowest BCUT2D eigenvalue weighted by Crippen LogP contribution is -2.49. The first-order valence-electron chi connectivity index (χ1n) is 10.9. The van der Waals surface area contributed by atoms with E-state index in [4.69, 9.17) is 4.74 Å². The van der Waals surface area contributed by atoms with Crippen molar-refractivity contribution in [2.45, 2.75) is 56.8 Å². The summed E-state index contributed by atoms with van der Waals surface area (Å²) in [5.41, 5.74) is 0.579. The number of aliphatic hydroxyl groups excluding tert-OH is 2. The van der Waals surface area contributed by atoms with E-state index in [9.17, 15) is 18.6 Å². The normalized spacial score (nSPS) is 25.4. The van der Waals surface area contributed by atoms with Crippen LogP contribution in [0.2, 0.25) is 0 Å². The minimum atomic E-state index is -3.86. The summed E-state index contributed by atoms with van der Waals surface area (Å²) >= 11 is 0. The first-order chi connectivity index (χ1) is 14.6. The van der Waals surface area contributed by atoms with E-state index in [1.54, 1.807) is 26.0 Å². The molecule has 3 rings (SSSR count). The quantitative estimate of drug-likeness (QED) is 0.639. The van der Waals surface area contributed by atoms with Gasteiger partial charge in [0.25, 0.3) is 0 Å². The summed E-state index contributed by atoms with van der Waals surface area (Å²) in [6, 6.07) is 4.22. The number of hydrogen-bond acceptors (Lipinski definition) is 6. The van der Waals surface area contributed by atoms with Gasteiger partial charge in [-0.3, -0.25) is 0 Å². The number of nitrogens with zero attached hydrogens (tertiary/aromatic N) is 2. The Hall–Kier alpha value is -1.63. The van der Waals surface area contributed by atoms with Gasteiger partial charge in [0.05, 0.1) is 6.61 Å². The fourth-order valence-corrected chi connectivity index (χ4v) is 5.66. The van der Waals surface area contributed by atoms with Gasteiger partial charge in [-0.2, -0.15) is 4.31 Å². The summed E-state index contributed by atoms with van der Waals surface area (Å²) < 4.78 is 34.6. The second kappa shape index (κ2) is 9.88. The minimum absolute atomic E-state index is 0.0780. The first-order valence-corrected chi connectivity index (χ1v) is 12.4. The van der Waals surface area contributed by atoms with Gasteiger partial charge in [0.2, 0.25) is 10.0 Å². The second-order valence-corrected chi connectivity index (χ2v) is 10.9. The van der Waals surface area contributed by atoms with Crippen LogP contribution < -0.4 is 4.74 Å². The molecular weight excluding hydrogens is 416 g/mol. The molecule has 8 heteroatoms.